The SMILES string of the molecule is C=C(C[C@@]1(c2cccc(OC)c2)CCN(C)C=C1C)OCOC. The van der Waals surface area contributed by atoms with Crippen molar-refractivity contribution in [3.63, 3.8) is 0 Å². The van der Waals surface area contributed by atoms with Gasteiger partial charge in [-0.3, -0.25) is 0 Å². The number of rotatable bonds is 7. The Bertz CT molecular complexity index is 582. The van der Waals surface area contributed by atoms with Crippen molar-refractivity contribution in [2.45, 2.75) is 25.2 Å². The fourth-order valence-corrected chi connectivity index (χ4v) is 3.24. The van der Waals surface area contributed by atoms with E-state index in [0.29, 0.717) is 0 Å². The molecule has 2 rings (SSSR count). The summed E-state index contributed by atoms with van der Waals surface area (Å²) >= 11 is 0. The van der Waals surface area contributed by atoms with Crippen molar-refractivity contribution in [2.24, 2.45) is 0 Å². The van der Waals surface area contributed by atoms with Gasteiger partial charge in [0.05, 0.1) is 12.9 Å². The predicted octanol–water partition coefficient (Wildman–Crippen LogP) is 3.70. The molecule has 23 heavy (non-hydrogen) atoms. The van der Waals surface area contributed by atoms with Gasteiger partial charge in [-0.15, -0.1) is 0 Å². The third-order valence-corrected chi connectivity index (χ3v) is 4.56. The van der Waals surface area contributed by atoms with Gasteiger partial charge in [0.1, 0.15) is 5.75 Å². The number of hydrogen-bond donors (Lipinski definition) is 0. The smallest absolute Gasteiger partial charge is 0.188 e. The van der Waals surface area contributed by atoms with Gasteiger partial charge >= 0.3 is 0 Å². The van der Waals surface area contributed by atoms with E-state index in [9.17, 15) is 0 Å². The van der Waals surface area contributed by atoms with Crippen LogP contribution in [0.4, 0.5) is 0 Å². The van der Waals surface area contributed by atoms with E-state index < -0.39 is 0 Å². The summed E-state index contributed by atoms with van der Waals surface area (Å²) in [4.78, 5) is 2.23. The Morgan fingerprint density at radius 1 is 1.35 bits per heavy atom. The van der Waals surface area contributed by atoms with Crippen molar-refractivity contribution in [1.82, 2.24) is 4.90 Å². The maximum atomic E-state index is 5.58. The quantitative estimate of drug-likeness (QED) is 0.567. The highest BCUT2D eigenvalue weighted by Gasteiger charge is 2.38. The third kappa shape index (κ3) is 3.88. The van der Waals surface area contributed by atoms with E-state index >= 15 is 0 Å². The summed E-state index contributed by atoms with van der Waals surface area (Å²) in [5.41, 5.74) is 2.42. The second-order valence-electron chi connectivity index (χ2n) is 6.12. The maximum Gasteiger partial charge on any atom is 0.188 e. The first kappa shape index (κ1) is 17.4. The van der Waals surface area contributed by atoms with Crippen LogP contribution in [0.3, 0.4) is 0 Å². The van der Waals surface area contributed by atoms with Crippen LogP contribution in [0.25, 0.3) is 0 Å². The largest absolute Gasteiger partial charge is 0.497 e. The Hall–Kier alpha value is -1.94. The molecule has 0 unspecified atom stereocenters. The molecule has 0 bridgehead atoms. The highest BCUT2D eigenvalue weighted by atomic mass is 16.7. The molecule has 0 fully saturated rings. The van der Waals surface area contributed by atoms with Gasteiger partial charge in [-0.25, -0.2) is 0 Å². The number of nitrogens with zero attached hydrogens (tertiary/aromatic N) is 1. The van der Waals surface area contributed by atoms with E-state index in [2.05, 4.69) is 43.8 Å². The second kappa shape index (κ2) is 7.55. The van der Waals surface area contributed by atoms with Crippen LogP contribution < -0.4 is 4.74 Å². The van der Waals surface area contributed by atoms with Crippen LogP contribution in [0.2, 0.25) is 0 Å². The monoisotopic (exact) mass is 317 g/mol. The van der Waals surface area contributed by atoms with E-state index in [1.165, 1.54) is 11.1 Å². The minimum Gasteiger partial charge on any atom is -0.497 e. The van der Waals surface area contributed by atoms with E-state index in [-0.39, 0.29) is 12.2 Å². The first-order valence-corrected chi connectivity index (χ1v) is 7.85. The maximum absolute atomic E-state index is 5.58. The summed E-state index contributed by atoms with van der Waals surface area (Å²) in [6.07, 6.45) is 3.96. The lowest BCUT2D eigenvalue weighted by atomic mass is 9.68. The Kier molecular flexibility index (Phi) is 5.72. The highest BCUT2D eigenvalue weighted by Crippen LogP contribution is 2.44. The van der Waals surface area contributed by atoms with Crippen LogP contribution in [0.15, 0.2) is 48.4 Å². The van der Waals surface area contributed by atoms with Crippen LogP contribution >= 0.6 is 0 Å². The van der Waals surface area contributed by atoms with Gasteiger partial charge in [-0.1, -0.05) is 18.7 Å². The lowest BCUT2D eigenvalue weighted by Gasteiger charge is -2.41. The molecule has 0 aromatic heterocycles. The number of ether oxygens (including phenoxy) is 3. The number of allylic oxidation sites excluding steroid dienone is 2. The van der Waals surface area contributed by atoms with Gasteiger partial charge in [0.25, 0.3) is 0 Å². The molecule has 0 radical (unpaired) electrons. The van der Waals surface area contributed by atoms with Crippen LogP contribution in [-0.4, -0.2) is 39.5 Å². The topological polar surface area (TPSA) is 30.9 Å². The lowest BCUT2D eigenvalue weighted by molar-refractivity contribution is -0.0000307. The Morgan fingerprint density at radius 3 is 2.78 bits per heavy atom. The van der Waals surface area contributed by atoms with E-state index in [4.69, 9.17) is 14.2 Å². The molecule has 0 amide bonds. The minimum atomic E-state index is -0.119. The molecule has 1 aromatic carbocycles. The van der Waals surface area contributed by atoms with Crippen molar-refractivity contribution in [2.75, 3.05) is 34.6 Å². The van der Waals surface area contributed by atoms with Gasteiger partial charge in [-0.2, -0.15) is 0 Å². The zero-order valence-electron chi connectivity index (χ0n) is 14.6. The molecular weight excluding hydrogens is 290 g/mol. The molecule has 0 saturated carbocycles. The zero-order chi connectivity index (χ0) is 16.9. The number of benzene rings is 1. The Morgan fingerprint density at radius 2 is 2.13 bits per heavy atom. The summed E-state index contributed by atoms with van der Waals surface area (Å²) in [5, 5.41) is 0. The molecular formula is C19H27NO3. The Balaban J connectivity index is 2.39. The summed E-state index contributed by atoms with van der Waals surface area (Å²) in [6.45, 7) is 7.48. The minimum absolute atomic E-state index is 0.119. The average Bonchev–Trinajstić information content (AvgIpc) is 2.55. The summed E-state index contributed by atoms with van der Waals surface area (Å²) < 4.78 is 16.0. The second-order valence-corrected chi connectivity index (χ2v) is 6.12. The first-order valence-electron chi connectivity index (χ1n) is 7.85. The third-order valence-electron chi connectivity index (χ3n) is 4.56. The van der Waals surface area contributed by atoms with E-state index in [1.807, 2.05) is 12.1 Å². The highest BCUT2D eigenvalue weighted by molar-refractivity contribution is 5.42. The summed E-state index contributed by atoms with van der Waals surface area (Å²) in [7, 11) is 5.42. The van der Waals surface area contributed by atoms with Crippen molar-refractivity contribution in [3.05, 3.63) is 53.9 Å². The fraction of sp³-hybridized carbons (Fsp3) is 0.474. The average molecular weight is 317 g/mol. The molecule has 1 atom stereocenters. The van der Waals surface area contributed by atoms with Gasteiger partial charge < -0.3 is 19.1 Å². The van der Waals surface area contributed by atoms with Crippen molar-refractivity contribution < 1.29 is 14.2 Å². The number of hydrogen-bond acceptors (Lipinski definition) is 4. The molecule has 4 heteroatoms. The molecule has 1 heterocycles. The van der Waals surface area contributed by atoms with Crippen molar-refractivity contribution >= 4 is 0 Å². The van der Waals surface area contributed by atoms with Crippen molar-refractivity contribution in [3.8, 4) is 5.75 Å². The molecule has 1 aliphatic rings. The van der Waals surface area contributed by atoms with Gasteiger partial charge in [0.2, 0.25) is 0 Å². The normalized spacial score (nSPS) is 20.9. The summed E-state index contributed by atoms with van der Waals surface area (Å²) in [5.74, 6) is 1.61. The molecule has 0 aliphatic carbocycles. The lowest BCUT2D eigenvalue weighted by Crippen LogP contribution is -2.37. The van der Waals surface area contributed by atoms with Crippen molar-refractivity contribution in [1.29, 1.82) is 0 Å². The molecule has 1 aliphatic heterocycles. The molecule has 126 valence electrons. The van der Waals surface area contributed by atoms with Crippen LogP contribution in [-0.2, 0) is 14.9 Å². The molecule has 1 aromatic rings. The predicted molar refractivity (Wildman–Crippen MR) is 92.4 cm³/mol. The Labute approximate surface area is 139 Å². The fourth-order valence-electron chi connectivity index (χ4n) is 3.24. The van der Waals surface area contributed by atoms with Gasteiger partial charge in [-0.05, 0) is 42.8 Å². The zero-order valence-corrected chi connectivity index (χ0v) is 14.6. The van der Waals surface area contributed by atoms with E-state index in [0.717, 1.165) is 30.9 Å². The van der Waals surface area contributed by atoms with E-state index in [1.54, 1.807) is 14.2 Å². The van der Waals surface area contributed by atoms with Gasteiger partial charge in [0, 0.05) is 32.5 Å². The van der Waals surface area contributed by atoms with Gasteiger partial charge in [0.15, 0.2) is 6.79 Å². The van der Waals surface area contributed by atoms with Crippen LogP contribution in [0.1, 0.15) is 25.3 Å². The van der Waals surface area contributed by atoms with Crippen LogP contribution in [0, 0.1) is 0 Å². The number of methoxy groups -OCH3 is 2. The van der Waals surface area contributed by atoms with Crippen LogP contribution in [0.5, 0.6) is 5.75 Å². The molecule has 0 spiro atoms. The first-order chi connectivity index (χ1) is 11.0. The molecule has 4 nitrogen and oxygen atoms in total. The molecule has 0 saturated heterocycles. The summed E-state index contributed by atoms with van der Waals surface area (Å²) in [6, 6.07) is 8.29. The standard InChI is InChI=1S/C19H27NO3/c1-15-13-20(3)10-9-19(15,12-16(2)23-14-21-4)17-7-6-8-18(11-17)22-5/h6-8,11,13H,2,9-10,12,14H2,1,3-5H3/t19-/m0/s1. The molecule has 0 N–H and O–H groups in total.